The molecule has 0 bridgehead atoms. The number of carbonyl (C=O) groups excluding carboxylic acids is 2. The zero-order valence-corrected chi connectivity index (χ0v) is 24.0. The van der Waals surface area contributed by atoms with Gasteiger partial charge in [-0.15, -0.1) is 0 Å². The van der Waals surface area contributed by atoms with E-state index < -0.39 is 28.9 Å². The SMILES string of the molecule is CNc1cnccc1N(C=O)c1ccc2c(c1)CN(C(=O)c1c(Sc3c(Cl)cccc3Cl)cc(C(F)(F)F)[nH]c1=O)C2. The Hall–Kier alpha value is -4.00. The molecule has 216 valence electrons. The number of fused-ring (bicyclic) bond motifs is 1. The van der Waals surface area contributed by atoms with Crippen LogP contribution in [0.3, 0.4) is 0 Å². The fourth-order valence-corrected chi connectivity index (χ4v) is 6.18. The second-order valence-electron chi connectivity index (χ2n) is 9.13. The number of aromatic nitrogens is 2. The third kappa shape index (κ3) is 5.69. The first kappa shape index (κ1) is 29.5. The third-order valence-corrected chi connectivity index (χ3v) is 8.60. The second kappa shape index (κ2) is 11.7. The molecule has 0 unspecified atom stereocenters. The van der Waals surface area contributed by atoms with Crippen LogP contribution in [0.5, 0.6) is 0 Å². The zero-order chi connectivity index (χ0) is 30.2. The van der Waals surface area contributed by atoms with Crippen LogP contribution in [0.15, 0.2) is 75.5 Å². The lowest BCUT2D eigenvalue weighted by molar-refractivity contribution is -0.141. The molecule has 1 aliphatic heterocycles. The topological polar surface area (TPSA) is 98.4 Å². The maximum Gasteiger partial charge on any atom is 0.431 e. The highest BCUT2D eigenvalue weighted by Crippen LogP contribution is 2.41. The van der Waals surface area contributed by atoms with Crippen molar-refractivity contribution in [3.05, 3.63) is 104 Å². The summed E-state index contributed by atoms with van der Waals surface area (Å²) in [6.07, 6.45) is -1.09. The number of hydrogen-bond donors (Lipinski definition) is 2. The van der Waals surface area contributed by atoms with Gasteiger partial charge in [0.2, 0.25) is 6.41 Å². The molecule has 0 atom stereocenters. The van der Waals surface area contributed by atoms with E-state index in [1.165, 1.54) is 21.9 Å². The summed E-state index contributed by atoms with van der Waals surface area (Å²) in [7, 11) is 1.70. The van der Waals surface area contributed by atoms with E-state index in [0.29, 0.717) is 46.9 Å². The highest BCUT2D eigenvalue weighted by atomic mass is 35.5. The van der Waals surface area contributed by atoms with Gasteiger partial charge >= 0.3 is 6.18 Å². The summed E-state index contributed by atoms with van der Waals surface area (Å²) < 4.78 is 40.8. The van der Waals surface area contributed by atoms with Crippen molar-refractivity contribution >= 4 is 64.3 Å². The maximum atomic E-state index is 13.7. The minimum Gasteiger partial charge on any atom is -0.385 e. The van der Waals surface area contributed by atoms with E-state index in [9.17, 15) is 27.6 Å². The van der Waals surface area contributed by atoms with Crippen molar-refractivity contribution in [1.29, 1.82) is 0 Å². The molecule has 2 N–H and O–H groups in total. The monoisotopic (exact) mass is 633 g/mol. The van der Waals surface area contributed by atoms with E-state index >= 15 is 0 Å². The molecular formula is C28H20Cl2F3N5O3S. The summed E-state index contributed by atoms with van der Waals surface area (Å²) in [6, 6.07) is 12.1. The van der Waals surface area contributed by atoms with E-state index in [1.807, 2.05) is 0 Å². The number of anilines is 3. The summed E-state index contributed by atoms with van der Waals surface area (Å²) in [5.41, 5.74) is 0.195. The molecule has 4 aromatic rings. The minimum absolute atomic E-state index is 0.0569. The molecular weight excluding hydrogens is 614 g/mol. The number of rotatable bonds is 7. The first-order valence-electron chi connectivity index (χ1n) is 12.3. The largest absolute Gasteiger partial charge is 0.431 e. The predicted molar refractivity (Wildman–Crippen MR) is 155 cm³/mol. The number of nitrogens with one attached hydrogen (secondary N) is 2. The molecule has 42 heavy (non-hydrogen) atoms. The van der Waals surface area contributed by atoms with Crippen LogP contribution >= 0.6 is 35.0 Å². The number of pyridine rings is 2. The Labute approximate surface area is 251 Å². The molecule has 0 radical (unpaired) electrons. The van der Waals surface area contributed by atoms with E-state index in [4.69, 9.17) is 23.2 Å². The van der Waals surface area contributed by atoms with Crippen LogP contribution in [0.4, 0.5) is 30.2 Å². The van der Waals surface area contributed by atoms with Crippen molar-refractivity contribution in [2.45, 2.75) is 29.1 Å². The number of benzene rings is 2. The molecule has 1 aliphatic rings. The van der Waals surface area contributed by atoms with Crippen LogP contribution in [0, 0.1) is 0 Å². The predicted octanol–water partition coefficient (Wildman–Crippen LogP) is 6.74. The molecule has 5 rings (SSSR count). The standard InChI is InChI=1S/C28H20Cl2F3N5O3S/c1-34-20-11-35-8-7-21(20)38(14-39)17-6-5-15-12-37(13-16(15)9-17)27(41)24-22(10-23(28(31,32)33)36-26(24)40)42-25-18(29)3-2-4-19(25)30/h2-11,14,34H,12-13H2,1H3,(H,36,40). The smallest absolute Gasteiger partial charge is 0.385 e. The molecule has 8 nitrogen and oxygen atoms in total. The van der Waals surface area contributed by atoms with Crippen molar-refractivity contribution in [3.63, 3.8) is 0 Å². The van der Waals surface area contributed by atoms with Crippen LogP contribution in [0.1, 0.15) is 27.2 Å². The zero-order valence-electron chi connectivity index (χ0n) is 21.6. The molecule has 14 heteroatoms. The van der Waals surface area contributed by atoms with Gasteiger partial charge in [-0.1, -0.05) is 47.1 Å². The van der Waals surface area contributed by atoms with Gasteiger partial charge in [0.05, 0.1) is 27.6 Å². The van der Waals surface area contributed by atoms with Gasteiger partial charge in [0.15, 0.2) is 0 Å². The number of carbonyl (C=O) groups is 2. The first-order chi connectivity index (χ1) is 20.0. The number of amides is 2. The van der Waals surface area contributed by atoms with Gasteiger partial charge in [0, 0.05) is 41.8 Å². The minimum atomic E-state index is -4.87. The van der Waals surface area contributed by atoms with Crippen molar-refractivity contribution in [2.24, 2.45) is 0 Å². The van der Waals surface area contributed by atoms with Gasteiger partial charge in [-0.3, -0.25) is 24.3 Å². The van der Waals surface area contributed by atoms with Crippen LogP contribution in [0.2, 0.25) is 10.0 Å². The molecule has 0 aliphatic carbocycles. The van der Waals surface area contributed by atoms with Crippen LogP contribution in [0.25, 0.3) is 0 Å². The summed E-state index contributed by atoms with van der Waals surface area (Å²) in [5.74, 6) is -0.771. The van der Waals surface area contributed by atoms with E-state index in [-0.39, 0.29) is 32.9 Å². The lowest BCUT2D eigenvalue weighted by Gasteiger charge is -2.21. The fourth-order valence-electron chi connectivity index (χ4n) is 4.54. The Morgan fingerprint density at radius 3 is 2.50 bits per heavy atom. The van der Waals surface area contributed by atoms with Crippen LogP contribution in [-0.2, 0) is 24.1 Å². The number of nitrogens with zero attached hydrogens (tertiary/aromatic N) is 3. The Morgan fingerprint density at radius 1 is 1.12 bits per heavy atom. The molecule has 0 fully saturated rings. The Balaban J connectivity index is 1.50. The van der Waals surface area contributed by atoms with Gasteiger partial charge in [-0.05, 0) is 47.5 Å². The molecule has 0 saturated heterocycles. The van der Waals surface area contributed by atoms with Gasteiger partial charge in [0.1, 0.15) is 11.3 Å². The van der Waals surface area contributed by atoms with Gasteiger partial charge in [-0.2, -0.15) is 13.2 Å². The molecule has 2 amide bonds. The van der Waals surface area contributed by atoms with Crippen molar-refractivity contribution in [3.8, 4) is 0 Å². The average Bonchev–Trinajstić information content (AvgIpc) is 3.38. The number of alkyl halides is 3. The Morgan fingerprint density at radius 2 is 1.83 bits per heavy atom. The second-order valence-corrected chi connectivity index (χ2v) is 11.0. The normalized spacial score (nSPS) is 12.7. The van der Waals surface area contributed by atoms with Crippen LogP contribution < -0.4 is 15.8 Å². The summed E-state index contributed by atoms with van der Waals surface area (Å²) in [4.78, 5) is 47.4. The number of hydrogen-bond acceptors (Lipinski definition) is 6. The number of H-pyrrole nitrogens is 1. The quantitative estimate of drug-likeness (QED) is 0.219. The average molecular weight is 634 g/mol. The molecule has 0 saturated carbocycles. The first-order valence-corrected chi connectivity index (χ1v) is 13.8. The number of halogens is 5. The van der Waals surface area contributed by atoms with Crippen molar-refractivity contribution < 1.29 is 22.8 Å². The Bertz CT molecular complexity index is 1750. The van der Waals surface area contributed by atoms with Gasteiger partial charge in [-0.25, -0.2) is 0 Å². The highest BCUT2D eigenvalue weighted by molar-refractivity contribution is 7.99. The molecule has 0 spiro atoms. The van der Waals surface area contributed by atoms with Crippen molar-refractivity contribution in [2.75, 3.05) is 17.3 Å². The summed E-state index contributed by atoms with van der Waals surface area (Å²) in [6.45, 7) is 0.158. The van der Waals surface area contributed by atoms with Crippen LogP contribution in [-0.4, -0.2) is 34.2 Å². The maximum absolute atomic E-state index is 13.7. The molecule has 2 aromatic carbocycles. The summed E-state index contributed by atoms with van der Waals surface area (Å²) >= 11 is 13.2. The molecule has 3 heterocycles. The number of aromatic amines is 1. The lowest BCUT2D eigenvalue weighted by atomic mass is 10.1. The highest BCUT2D eigenvalue weighted by Gasteiger charge is 2.36. The Kier molecular flexibility index (Phi) is 8.22. The summed E-state index contributed by atoms with van der Waals surface area (Å²) in [5, 5.41) is 3.28. The molecule has 2 aromatic heterocycles. The fraction of sp³-hybridized carbons (Fsp3) is 0.143. The van der Waals surface area contributed by atoms with Crippen molar-refractivity contribution in [1.82, 2.24) is 14.9 Å². The van der Waals surface area contributed by atoms with E-state index in [2.05, 4.69) is 10.3 Å². The third-order valence-electron chi connectivity index (χ3n) is 6.56. The lowest BCUT2D eigenvalue weighted by Crippen LogP contribution is -2.32. The van der Waals surface area contributed by atoms with Gasteiger partial charge in [0.25, 0.3) is 11.5 Å². The van der Waals surface area contributed by atoms with Gasteiger partial charge < -0.3 is 15.2 Å². The van der Waals surface area contributed by atoms with E-state index in [1.54, 1.807) is 54.8 Å². The van der Waals surface area contributed by atoms with E-state index in [0.717, 1.165) is 5.56 Å².